The molecule has 1 unspecified atom stereocenters. The molecule has 0 radical (unpaired) electrons. The second kappa shape index (κ2) is 2.49. The van der Waals surface area contributed by atoms with Gasteiger partial charge in [-0.1, -0.05) is 26.2 Å². The van der Waals surface area contributed by atoms with E-state index in [0.717, 1.165) is 6.54 Å². The van der Waals surface area contributed by atoms with Crippen molar-refractivity contribution in [2.45, 2.75) is 26.8 Å². The van der Waals surface area contributed by atoms with E-state index in [1.807, 2.05) is 0 Å². The Morgan fingerprint density at radius 3 is 1.75 bits per heavy atom. The van der Waals surface area contributed by atoms with Gasteiger partial charge in [0.15, 0.2) is 0 Å². The number of hydrogen-bond donors (Lipinski definition) is 0. The third-order valence-corrected chi connectivity index (χ3v) is 1.36. The Balaban J connectivity index is 0.000000490. The standard InChI is InChI=1S/C6H12N.W/c1-6(2,3)5-4-7-5;/h5H,4H2,1-3H3;/q-1;. The number of nitrogens with zero attached hydrogens (tertiary/aromatic N) is 1. The summed E-state index contributed by atoms with van der Waals surface area (Å²) >= 11 is 0. The zero-order valence-electron chi connectivity index (χ0n) is 5.64. The molecule has 1 rings (SSSR count). The van der Waals surface area contributed by atoms with Crippen molar-refractivity contribution in [1.29, 1.82) is 0 Å². The maximum Gasteiger partial charge on any atom is 0 e. The first kappa shape index (κ1) is 8.65. The third kappa shape index (κ3) is 2.28. The molecule has 48 valence electrons. The predicted octanol–water partition coefficient (Wildman–Crippen LogP) is 1.79. The summed E-state index contributed by atoms with van der Waals surface area (Å²) in [7, 11) is 0. The Kier molecular flexibility index (Phi) is 2.69. The normalized spacial score (nSPS) is 26.6. The van der Waals surface area contributed by atoms with Crippen LogP contribution in [-0.2, 0) is 21.1 Å². The van der Waals surface area contributed by atoms with E-state index in [4.69, 9.17) is 0 Å². The Morgan fingerprint density at radius 1 is 1.38 bits per heavy atom. The summed E-state index contributed by atoms with van der Waals surface area (Å²) in [5, 5.41) is 4.17. The van der Waals surface area contributed by atoms with Gasteiger partial charge >= 0.3 is 0 Å². The van der Waals surface area contributed by atoms with Crippen molar-refractivity contribution in [3.63, 3.8) is 0 Å². The third-order valence-electron chi connectivity index (χ3n) is 1.36. The van der Waals surface area contributed by atoms with Gasteiger partial charge in [-0.15, -0.1) is 0 Å². The second-order valence-electron chi connectivity index (χ2n) is 3.25. The van der Waals surface area contributed by atoms with Crippen LogP contribution >= 0.6 is 0 Å². The van der Waals surface area contributed by atoms with Crippen molar-refractivity contribution in [3.05, 3.63) is 5.32 Å². The van der Waals surface area contributed by atoms with Gasteiger partial charge in [0.25, 0.3) is 0 Å². The molecule has 0 amide bonds. The molecule has 1 nitrogen and oxygen atoms in total. The summed E-state index contributed by atoms with van der Waals surface area (Å²) in [4.78, 5) is 0. The molecule has 0 spiro atoms. The van der Waals surface area contributed by atoms with E-state index in [9.17, 15) is 0 Å². The average Bonchev–Trinajstić information content (AvgIpc) is 1.99. The van der Waals surface area contributed by atoms with Crippen molar-refractivity contribution >= 4 is 0 Å². The van der Waals surface area contributed by atoms with Crippen LogP contribution in [0.15, 0.2) is 0 Å². The maximum absolute atomic E-state index is 4.17. The summed E-state index contributed by atoms with van der Waals surface area (Å²) in [6, 6.07) is 0.674. The van der Waals surface area contributed by atoms with E-state index in [0.29, 0.717) is 11.5 Å². The van der Waals surface area contributed by atoms with Crippen molar-refractivity contribution in [3.8, 4) is 0 Å². The molecule has 0 aromatic carbocycles. The molecule has 1 aliphatic rings. The Bertz CT molecular complexity index is 71.1. The summed E-state index contributed by atoms with van der Waals surface area (Å²) in [5.41, 5.74) is 0.444. The van der Waals surface area contributed by atoms with Gasteiger partial charge in [0.2, 0.25) is 0 Å². The average molecular weight is 282 g/mol. The van der Waals surface area contributed by atoms with Gasteiger partial charge in [-0.2, -0.15) is 12.6 Å². The molecule has 1 aliphatic heterocycles. The molecule has 0 aromatic rings. The van der Waals surface area contributed by atoms with Crippen LogP contribution in [0.4, 0.5) is 0 Å². The Labute approximate surface area is 65.5 Å². The molecule has 8 heavy (non-hydrogen) atoms. The zero-order chi connectivity index (χ0) is 5.49. The van der Waals surface area contributed by atoms with E-state index in [1.165, 1.54) is 0 Å². The van der Waals surface area contributed by atoms with Crippen molar-refractivity contribution in [1.82, 2.24) is 0 Å². The quantitative estimate of drug-likeness (QED) is 0.601. The fourth-order valence-electron chi connectivity index (χ4n) is 0.600. The van der Waals surface area contributed by atoms with E-state index < -0.39 is 0 Å². The van der Waals surface area contributed by atoms with Crippen LogP contribution in [-0.4, -0.2) is 12.6 Å². The molecular formula is C6H12NW-. The first-order chi connectivity index (χ1) is 3.11. The van der Waals surface area contributed by atoms with E-state index in [-0.39, 0.29) is 21.1 Å². The van der Waals surface area contributed by atoms with Crippen LogP contribution in [0, 0.1) is 5.41 Å². The zero-order valence-corrected chi connectivity index (χ0v) is 8.57. The van der Waals surface area contributed by atoms with Gasteiger partial charge in [0, 0.05) is 21.1 Å². The molecule has 1 fully saturated rings. The van der Waals surface area contributed by atoms with Crippen molar-refractivity contribution < 1.29 is 21.1 Å². The van der Waals surface area contributed by atoms with Gasteiger partial charge < -0.3 is 5.32 Å². The minimum absolute atomic E-state index is 0. The summed E-state index contributed by atoms with van der Waals surface area (Å²) in [6.07, 6.45) is 0. The number of hydrogen-bond acceptors (Lipinski definition) is 0. The minimum atomic E-state index is 0. The van der Waals surface area contributed by atoms with Crippen molar-refractivity contribution in [2.24, 2.45) is 5.41 Å². The van der Waals surface area contributed by atoms with Crippen LogP contribution in [0.5, 0.6) is 0 Å². The van der Waals surface area contributed by atoms with Gasteiger partial charge in [-0.05, 0) is 0 Å². The van der Waals surface area contributed by atoms with E-state index in [1.54, 1.807) is 0 Å². The largest absolute Gasteiger partial charge is 0.662 e. The molecule has 0 bridgehead atoms. The summed E-state index contributed by atoms with van der Waals surface area (Å²) in [6.45, 7) is 7.79. The molecule has 1 atom stereocenters. The fraction of sp³-hybridized carbons (Fsp3) is 1.00. The summed E-state index contributed by atoms with van der Waals surface area (Å²) in [5.74, 6) is 0. The molecule has 0 saturated carbocycles. The smallest absolute Gasteiger partial charge is 0 e. The second-order valence-corrected chi connectivity index (χ2v) is 3.25. The molecule has 2 heteroatoms. The van der Waals surface area contributed by atoms with Crippen LogP contribution in [0.1, 0.15) is 20.8 Å². The van der Waals surface area contributed by atoms with Gasteiger partial charge in [-0.3, -0.25) is 0 Å². The van der Waals surface area contributed by atoms with Crippen LogP contribution in [0.25, 0.3) is 5.32 Å². The minimum Gasteiger partial charge on any atom is -0.662 e. The first-order valence-electron chi connectivity index (χ1n) is 2.77. The van der Waals surface area contributed by atoms with Crippen LogP contribution < -0.4 is 0 Å². The topological polar surface area (TPSA) is 14.1 Å². The molecule has 0 aromatic heterocycles. The molecule has 0 aliphatic carbocycles. The predicted molar refractivity (Wildman–Crippen MR) is 31.5 cm³/mol. The maximum atomic E-state index is 4.17. The molecule has 0 N–H and O–H groups in total. The van der Waals surface area contributed by atoms with E-state index in [2.05, 4.69) is 26.1 Å². The van der Waals surface area contributed by atoms with Gasteiger partial charge in [0.1, 0.15) is 0 Å². The first-order valence-corrected chi connectivity index (χ1v) is 2.77. The summed E-state index contributed by atoms with van der Waals surface area (Å²) < 4.78 is 0. The SMILES string of the molecule is CC(C)(C)C1C[N-]1.[W]. The Hall–Kier alpha value is 0.648. The fourth-order valence-corrected chi connectivity index (χ4v) is 0.600. The van der Waals surface area contributed by atoms with Crippen LogP contribution in [0.3, 0.4) is 0 Å². The van der Waals surface area contributed by atoms with Gasteiger partial charge in [0.05, 0.1) is 0 Å². The van der Waals surface area contributed by atoms with E-state index >= 15 is 0 Å². The van der Waals surface area contributed by atoms with Crippen LogP contribution in [0.2, 0.25) is 0 Å². The van der Waals surface area contributed by atoms with Crippen molar-refractivity contribution in [2.75, 3.05) is 6.54 Å². The Morgan fingerprint density at radius 2 is 1.75 bits per heavy atom. The molecule has 1 saturated heterocycles. The monoisotopic (exact) mass is 282 g/mol. The van der Waals surface area contributed by atoms with Gasteiger partial charge in [-0.25, -0.2) is 0 Å². The molecular weight excluding hydrogens is 270 g/mol. The number of rotatable bonds is 0. The molecule has 1 heterocycles.